The topological polar surface area (TPSA) is 41.6 Å². The van der Waals surface area contributed by atoms with Gasteiger partial charge < -0.3 is 0 Å². The van der Waals surface area contributed by atoms with Gasteiger partial charge in [-0.2, -0.15) is 5.10 Å². The largest absolute Gasteiger partial charge is 0.263 e. The molecule has 1 heterocycles. The Labute approximate surface area is 129 Å². The highest BCUT2D eigenvalue weighted by molar-refractivity contribution is 5.04. The zero-order valence-corrected chi connectivity index (χ0v) is 13.6. The van der Waals surface area contributed by atoms with E-state index in [4.69, 9.17) is 4.98 Å². The third-order valence-corrected chi connectivity index (χ3v) is 5.69. The van der Waals surface area contributed by atoms with Crippen molar-refractivity contribution >= 4 is 0 Å². The molecule has 2 aliphatic rings. The van der Waals surface area contributed by atoms with Crippen LogP contribution < -0.4 is 0 Å². The van der Waals surface area contributed by atoms with Crippen LogP contribution in [0.25, 0.3) is 0 Å². The molecule has 0 aliphatic heterocycles. The van der Waals surface area contributed by atoms with E-state index in [2.05, 4.69) is 17.1 Å². The molecule has 2 aliphatic carbocycles. The van der Waals surface area contributed by atoms with Crippen LogP contribution in [0, 0.1) is 5.92 Å². The van der Waals surface area contributed by atoms with Gasteiger partial charge in [0, 0.05) is 11.8 Å². The van der Waals surface area contributed by atoms with Crippen LogP contribution in [0.4, 0.5) is 0 Å². The van der Waals surface area contributed by atoms with Crippen LogP contribution in [0.3, 0.4) is 0 Å². The molecule has 3 rings (SSSR count). The molecule has 1 aromatic rings. The smallest absolute Gasteiger partial charge is 0.153 e. The predicted octanol–water partition coefficient (Wildman–Crippen LogP) is 5.32. The van der Waals surface area contributed by atoms with Crippen molar-refractivity contribution in [2.75, 3.05) is 0 Å². The van der Waals surface area contributed by atoms with Crippen LogP contribution in [0.2, 0.25) is 0 Å². The number of H-pyrrole nitrogens is 1. The summed E-state index contributed by atoms with van der Waals surface area (Å²) in [5.41, 5.74) is 0. The zero-order chi connectivity index (χ0) is 14.5. The molecule has 0 aromatic carbocycles. The van der Waals surface area contributed by atoms with Gasteiger partial charge >= 0.3 is 0 Å². The second-order valence-electron chi connectivity index (χ2n) is 7.27. The molecule has 2 fully saturated rings. The lowest BCUT2D eigenvalue weighted by Crippen LogP contribution is -2.14. The fourth-order valence-corrected chi connectivity index (χ4v) is 4.23. The SMILES string of the molecule is CCCCC1CCC(c2nc(C3CCCCC3)n[nH]2)CC1. The Morgan fingerprint density at radius 2 is 1.71 bits per heavy atom. The van der Waals surface area contributed by atoms with Crippen LogP contribution in [0.1, 0.15) is 107 Å². The Balaban J connectivity index is 1.52. The maximum Gasteiger partial charge on any atom is 0.153 e. The Kier molecular flexibility index (Phi) is 5.32. The van der Waals surface area contributed by atoms with E-state index in [1.807, 2.05) is 0 Å². The number of aromatic amines is 1. The Bertz CT molecular complexity index is 412. The molecular weight excluding hydrogens is 258 g/mol. The summed E-state index contributed by atoms with van der Waals surface area (Å²) >= 11 is 0. The van der Waals surface area contributed by atoms with E-state index < -0.39 is 0 Å². The van der Waals surface area contributed by atoms with Crippen LogP contribution in [-0.2, 0) is 0 Å². The molecule has 3 nitrogen and oxygen atoms in total. The van der Waals surface area contributed by atoms with Gasteiger partial charge in [0.15, 0.2) is 5.82 Å². The molecule has 3 heteroatoms. The quantitative estimate of drug-likeness (QED) is 0.797. The van der Waals surface area contributed by atoms with E-state index in [-0.39, 0.29) is 0 Å². The van der Waals surface area contributed by atoms with Gasteiger partial charge in [-0.15, -0.1) is 0 Å². The number of nitrogens with zero attached hydrogens (tertiary/aromatic N) is 2. The number of rotatable bonds is 5. The summed E-state index contributed by atoms with van der Waals surface area (Å²) in [4.78, 5) is 4.88. The second kappa shape index (κ2) is 7.42. The van der Waals surface area contributed by atoms with Gasteiger partial charge in [0.05, 0.1) is 0 Å². The maximum atomic E-state index is 4.88. The molecule has 1 aromatic heterocycles. The van der Waals surface area contributed by atoms with Crippen molar-refractivity contribution in [2.45, 2.75) is 95.8 Å². The molecular formula is C18H31N3. The van der Waals surface area contributed by atoms with Crippen LogP contribution in [0.5, 0.6) is 0 Å². The minimum absolute atomic E-state index is 0.629. The summed E-state index contributed by atoms with van der Waals surface area (Å²) < 4.78 is 0. The van der Waals surface area contributed by atoms with E-state index >= 15 is 0 Å². The lowest BCUT2D eigenvalue weighted by molar-refractivity contribution is 0.298. The highest BCUT2D eigenvalue weighted by atomic mass is 15.2. The van der Waals surface area contributed by atoms with Crippen LogP contribution in [0.15, 0.2) is 0 Å². The van der Waals surface area contributed by atoms with Crippen molar-refractivity contribution in [2.24, 2.45) is 5.92 Å². The van der Waals surface area contributed by atoms with E-state index in [1.54, 1.807) is 0 Å². The number of nitrogens with one attached hydrogen (secondary N) is 1. The Hall–Kier alpha value is -0.860. The normalized spacial score (nSPS) is 27.9. The van der Waals surface area contributed by atoms with Crippen molar-refractivity contribution in [3.8, 4) is 0 Å². The van der Waals surface area contributed by atoms with Gasteiger partial charge in [0.2, 0.25) is 0 Å². The minimum atomic E-state index is 0.629. The molecule has 2 saturated carbocycles. The first-order valence-electron chi connectivity index (χ1n) is 9.29. The minimum Gasteiger partial charge on any atom is -0.263 e. The van der Waals surface area contributed by atoms with Crippen molar-refractivity contribution < 1.29 is 0 Å². The average molecular weight is 289 g/mol. The first-order valence-corrected chi connectivity index (χ1v) is 9.29. The molecule has 21 heavy (non-hydrogen) atoms. The highest BCUT2D eigenvalue weighted by Gasteiger charge is 2.26. The van der Waals surface area contributed by atoms with Gasteiger partial charge in [-0.05, 0) is 44.4 Å². The summed E-state index contributed by atoms with van der Waals surface area (Å²) in [6.07, 6.45) is 16.3. The van der Waals surface area contributed by atoms with Gasteiger partial charge in [-0.3, -0.25) is 5.10 Å². The Morgan fingerprint density at radius 3 is 2.43 bits per heavy atom. The zero-order valence-electron chi connectivity index (χ0n) is 13.6. The molecule has 0 bridgehead atoms. The van der Waals surface area contributed by atoms with E-state index in [9.17, 15) is 0 Å². The maximum absolute atomic E-state index is 4.88. The fraction of sp³-hybridized carbons (Fsp3) is 0.889. The van der Waals surface area contributed by atoms with Crippen molar-refractivity contribution in [1.29, 1.82) is 0 Å². The molecule has 118 valence electrons. The fourth-order valence-electron chi connectivity index (χ4n) is 4.23. The molecule has 0 radical (unpaired) electrons. The van der Waals surface area contributed by atoms with Gasteiger partial charge in [0.1, 0.15) is 5.82 Å². The third-order valence-electron chi connectivity index (χ3n) is 5.69. The van der Waals surface area contributed by atoms with Crippen molar-refractivity contribution in [3.63, 3.8) is 0 Å². The average Bonchev–Trinajstić information content (AvgIpc) is 3.04. The number of hydrogen-bond acceptors (Lipinski definition) is 2. The summed E-state index contributed by atoms with van der Waals surface area (Å²) in [6, 6.07) is 0. The highest BCUT2D eigenvalue weighted by Crippen LogP contribution is 2.37. The molecule has 0 amide bonds. The van der Waals surface area contributed by atoms with Gasteiger partial charge in [-0.1, -0.05) is 45.4 Å². The molecule has 0 spiro atoms. The summed E-state index contributed by atoms with van der Waals surface area (Å²) in [6.45, 7) is 2.30. The first-order chi connectivity index (χ1) is 10.4. The standard InChI is InChI=1S/C18H31N3/c1-2-3-7-14-10-12-16(13-11-14)18-19-17(20-21-18)15-8-5-4-6-9-15/h14-16H,2-13H2,1H3,(H,19,20,21). The van der Waals surface area contributed by atoms with Crippen molar-refractivity contribution in [3.05, 3.63) is 11.6 Å². The molecule has 1 N–H and O–H groups in total. The second-order valence-corrected chi connectivity index (χ2v) is 7.27. The first kappa shape index (κ1) is 15.1. The number of aromatic nitrogens is 3. The van der Waals surface area contributed by atoms with E-state index in [0.717, 1.165) is 11.7 Å². The molecule has 0 atom stereocenters. The van der Waals surface area contributed by atoms with Crippen LogP contribution >= 0.6 is 0 Å². The van der Waals surface area contributed by atoms with Gasteiger partial charge in [0.25, 0.3) is 0 Å². The third kappa shape index (κ3) is 3.87. The molecule has 0 unspecified atom stereocenters. The molecule has 0 saturated heterocycles. The summed E-state index contributed by atoms with van der Waals surface area (Å²) in [5, 5.41) is 7.82. The van der Waals surface area contributed by atoms with E-state index in [0.29, 0.717) is 11.8 Å². The van der Waals surface area contributed by atoms with Crippen molar-refractivity contribution in [1.82, 2.24) is 15.2 Å². The monoisotopic (exact) mass is 289 g/mol. The number of hydrogen-bond donors (Lipinski definition) is 1. The Morgan fingerprint density at radius 1 is 0.952 bits per heavy atom. The van der Waals surface area contributed by atoms with Crippen LogP contribution in [-0.4, -0.2) is 15.2 Å². The van der Waals surface area contributed by atoms with E-state index in [1.165, 1.54) is 82.9 Å². The lowest BCUT2D eigenvalue weighted by Gasteiger charge is -2.27. The van der Waals surface area contributed by atoms with Gasteiger partial charge in [-0.25, -0.2) is 4.98 Å². The summed E-state index contributed by atoms with van der Waals surface area (Å²) in [5.74, 6) is 4.54. The lowest BCUT2D eigenvalue weighted by atomic mass is 9.79. The predicted molar refractivity (Wildman–Crippen MR) is 86.4 cm³/mol. The number of unbranched alkanes of at least 4 members (excludes halogenated alkanes) is 1. The summed E-state index contributed by atoms with van der Waals surface area (Å²) in [7, 11) is 0.